The Bertz CT molecular complexity index is 327. The zero-order chi connectivity index (χ0) is 9.64. The molecule has 0 aromatic heterocycles. The fraction of sp³-hybridized carbons (Fsp3) is 0.250. The van der Waals surface area contributed by atoms with Crippen molar-refractivity contribution >= 4 is 12.4 Å². The van der Waals surface area contributed by atoms with Gasteiger partial charge in [-0.2, -0.15) is 0 Å². The number of hydrogen-bond acceptors (Lipinski definition) is 2. The molecule has 0 amide bonds. The lowest BCUT2D eigenvalue weighted by molar-refractivity contribution is 0.519. The predicted octanol–water partition coefficient (Wildman–Crippen LogP) is 2.04. The van der Waals surface area contributed by atoms with Crippen molar-refractivity contribution < 1.29 is 0 Å². The molecule has 2 nitrogen and oxygen atoms in total. The monoisotopic (exact) mass is 186 g/mol. The molecule has 2 rings (SSSR count). The third kappa shape index (κ3) is 2.46. The van der Waals surface area contributed by atoms with Crippen LogP contribution >= 0.6 is 0 Å². The quantitative estimate of drug-likeness (QED) is 0.705. The van der Waals surface area contributed by atoms with Crippen molar-refractivity contribution in [2.45, 2.75) is 0 Å². The Balaban J connectivity index is 1.85. The number of aliphatic imine (C=N–C) groups is 1. The van der Waals surface area contributed by atoms with Crippen LogP contribution in [0.15, 0.2) is 41.4 Å². The van der Waals surface area contributed by atoms with E-state index in [0.29, 0.717) is 0 Å². The van der Waals surface area contributed by atoms with Gasteiger partial charge in [0.25, 0.3) is 0 Å². The molecular weight excluding hydrogens is 172 g/mol. The molecule has 0 N–H and O–H groups in total. The van der Waals surface area contributed by atoms with Gasteiger partial charge >= 0.3 is 0 Å². The average molecular weight is 186 g/mol. The Labute approximate surface area is 84.6 Å². The standard InChI is InChI=1S/C12H14N2/c1-2-5-12(6-3-1)7-4-9-14-10-8-13-11-14/h1-7,11H,8-10H2. The molecule has 2 heteroatoms. The Kier molecular flexibility index (Phi) is 2.96. The van der Waals surface area contributed by atoms with E-state index in [4.69, 9.17) is 0 Å². The Hall–Kier alpha value is -1.57. The van der Waals surface area contributed by atoms with E-state index in [1.165, 1.54) is 5.56 Å². The van der Waals surface area contributed by atoms with E-state index in [0.717, 1.165) is 19.6 Å². The zero-order valence-corrected chi connectivity index (χ0v) is 8.13. The van der Waals surface area contributed by atoms with Gasteiger partial charge in [-0.05, 0) is 5.56 Å². The Morgan fingerprint density at radius 1 is 1.29 bits per heavy atom. The van der Waals surface area contributed by atoms with Crippen LogP contribution in [-0.2, 0) is 0 Å². The lowest BCUT2D eigenvalue weighted by Gasteiger charge is -2.09. The minimum atomic E-state index is 0.944. The Morgan fingerprint density at radius 3 is 2.86 bits per heavy atom. The first kappa shape index (κ1) is 9.00. The normalized spacial score (nSPS) is 15.6. The van der Waals surface area contributed by atoms with Crippen molar-refractivity contribution in [3.8, 4) is 0 Å². The second-order valence-electron chi connectivity index (χ2n) is 3.33. The lowest BCUT2D eigenvalue weighted by atomic mass is 10.2. The highest BCUT2D eigenvalue weighted by Crippen LogP contribution is 2.01. The molecule has 0 fully saturated rings. The maximum absolute atomic E-state index is 4.16. The first-order valence-electron chi connectivity index (χ1n) is 4.91. The van der Waals surface area contributed by atoms with Crippen molar-refractivity contribution in [2.75, 3.05) is 19.6 Å². The van der Waals surface area contributed by atoms with Crippen molar-refractivity contribution in [3.05, 3.63) is 42.0 Å². The fourth-order valence-electron chi connectivity index (χ4n) is 1.44. The molecule has 0 spiro atoms. The summed E-state index contributed by atoms with van der Waals surface area (Å²) in [5.74, 6) is 0. The van der Waals surface area contributed by atoms with Gasteiger partial charge in [-0.3, -0.25) is 4.99 Å². The summed E-state index contributed by atoms with van der Waals surface area (Å²) in [6.45, 7) is 2.96. The molecule has 14 heavy (non-hydrogen) atoms. The molecule has 1 aromatic carbocycles. The smallest absolute Gasteiger partial charge is 0.0854 e. The molecule has 1 aliphatic rings. The molecule has 0 aliphatic carbocycles. The zero-order valence-electron chi connectivity index (χ0n) is 8.13. The molecule has 0 saturated heterocycles. The first-order valence-corrected chi connectivity index (χ1v) is 4.91. The van der Waals surface area contributed by atoms with Crippen LogP contribution in [0.3, 0.4) is 0 Å². The van der Waals surface area contributed by atoms with Crippen molar-refractivity contribution in [2.24, 2.45) is 4.99 Å². The molecule has 0 saturated carbocycles. The van der Waals surface area contributed by atoms with Crippen LogP contribution in [-0.4, -0.2) is 30.9 Å². The van der Waals surface area contributed by atoms with Crippen LogP contribution in [0.5, 0.6) is 0 Å². The highest BCUT2D eigenvalue weighted by atomic mass is 15.2. The van der Waals surface area contributed by atoms with E-state index >= 15 is 0 Å². The summed E-state index contributed by atoms with van der Waals surface area (Å²) in [4.78, 5) is 6.37. The van der Waals surface area contributed by atoms with Crippen LogP contribution < -0.4 is 0 Å². The largest absolute Gasteiger partial charge is 0.357 e. The van der Waals surface area contributed by atoms with Gasteiger partial charge in [0.15, 0.2) is 0 Å². The summed E-state index contributed by atoms with van der Waals surface area (Å²) in [6.07, 6.45) is 6.24. The summed E-state index contributed by atoms with van der Waals surface area (Å²) in [7, 11) is 0. The molecule has 1 aromatic rings. The second-order valence-corrected chi connectivity index (χ2v) is 3.33. The summed E-state index contributed by atoms with van der Waals surface area (Å²) in [5, 5.41) is 0. The highest BCUT2D eigenvalue weighted by Gasteiger charge is 2.00. The Morgan fingerprint density at radius 2 is 2.14 bits per heavy atom. The van der Waals surface area contributed by atoms with Gasteiger partial charge in [0.1, 0.15) is 0 Å². The molecule has 0 bridgehead atoms. The van der Waals surface area contributed by atoms with Gasteiger partial charge in [-0.15, -0.1) is 0 Å². The third-order valence-electron chi connectivity index (χ3n) is 2.21. The maximum Gasteiger partial charge on any atom is 0.0854 e. The molecule has 0 unspecified atom stereocenters. The highest BCUT2D eigenvalue weighted by molar-refractivity contribution is 5.58. The van der Waals surface area contributed by atoms with E-state index in [2.05, 4.69) is 46.3 Å². The molecule has 72 valence electrons. The van der Waals surface area contributed by atoms with E-state index in [-0.39, 0.29) is 0 Å². The SMILES string of the molecule is C(=Cc1ccccc1)CN1C=NCC1. The van der Waals surface area contributed by atoms with Gasteiger partial charge in [-0.1, -0.05) is 42.5 Å². The van der Waals surface area contributed by atoms with E-state index in [1.54, 1.807) is 0 Å². The average Bonchev–Trinajstić information content (AvgIpc) is 2.72. The molecule has 1 aliphatic heterocycles. The van der Waals surface area contributed by atoms with Gasteiger partial charge in [-0.25, -0.2) is 0 Å². The summed E-state index contributed by atoms with van der Waals surface area (Å²) in [6, 6.07) is 10.3. The topological polar surface area (TPSA) is 15.6 Å². The van der Waals surface area contributed by atoms with Gasteiger partial charge in [0.05, 0.1) is 12.9 Å². The number of nitrogens with zero attached hydrogens (tertiary/aromatic N) is 2. The maximum atomic E-state index is 4.16. The number of hydrogen-bond donors (Lipinski definition) is 0. The van der Waals surface area contributed by atoms with Gasteiger partial charge in [0.2, 0.25) is 0 Å². The first-order chi connectivity index (χ1) is 6.95. The molecule has 0 atom stereocenters. The number of rotatable bonds is 3. The van der Waals surface area contributed by atoms with Crippen LogP contribution in [0.4, 0.5) is 0 Å². The van der Waals surface area contributed by atoms with Crippen molar-refractivity contribution in [1.82, 2.24) is 4.90 Å². The summed E-state index contributed by atoms with van der Waals surface area (Å²) >= 11 is 0. The van der Waals surface area contributed by atoms with E-state index < -0.39 is 0 Å². The summed E-state index contributed by atoms with van der Waals surface area (Å²) < 4.78 is 0. The molecular formula is C12H14N2. The van der Waals surface area contributed by atoms with E-state index in [9.17, 15) is 0 Å². The van der Waals surface area contributed by atoms with Crippen LogP contribution in [0, 0.1) is 0 Å². The molecule has 0 radical (unpaired) electrons. The minimum Gasteiger partial charge on any atom is -0.357 e. The second kappa shape index (κ2) is 4.61. The van der Waals surface area contributed by atoms with Crippen molar-refractivity contribution in [3.63, 3.8) is 0 Å². The number of benzene rings is 1. The van der Waals surface area contributed by atoms with Crippen LogP contribution in [0.2, 0.25) is 0 Å². The predicted molar refractivity (Wildman–Crippen MR) is 60.4 cm³/mol. The van der Waals surface area contributed by atoms with Gasteiger partial charge < -0.3 is 4.90 Å². The van der Waals surface area contributed by atoms with Crippen LogP contribution in [0.25, 0.3) is 6.08 Å². The van der Waals surface area contributed by atoms with Crippen molar-refractivity contribution in [1.29, 1.82) is 0 Å². The summed E-state index contributed by atoms with van der Waals surface area (Å²) in [5.41, 5.74) is 1.25. The lowest BCUT2D eigenvalue weighted by Crippen LogP contribution is -2.19. The fourth-order valence-corrected chi connectivity index (χ4v) is 1.44. The third-order valence-corrected chi connectivity index (χ3v) is 2.21. The van der Waals surface area contributed by atoms with Gasteiger partial charge in [0, 0.05) is 13.1 Å². The van der Waals surface area contributed by atoms with Crippen LogP contribution in [0.1, 0.15) is 5.56 Å². The molecule has 1 heterocycles. The van der Waals surface area contributed by atoms with E-state index in [1.807, 2.05) is 12.4 Å². The minimum absolute atomic E-state index is 0.944.